The van der Waals surface area contributed by atoms with Gasteiger partial charge in [-0.05, 0) is 44.4 Å². The summed E-state index contributed by atoms with van der Waals surface area (Å²) in [6, 6.07) is 8.61. The molecule has 1 aromatic carbocycles. The van der Waals surface area contributed by atoms with Crippen molar-refractivity contribution in [2.45, 2.75) is 0 Å². The first kappa shape index (κ1) is 22.7. The van der Waals surface area contributed by atoms with Crippen molar-refractivity contribution in [2.24, 2.45) is 0 Å². The molecule has 0 unspecified atom stereocenters. The van der Waals surface area contributed by atoms with Crippen molar-refractivity contribution >= 4 is 27.6 Å². The third-order valence-corrected chi connectivity index (χ3v) is 5.99. The van der Waals surface area contributed by atoms with Crippen molar-refractivity contribution in [3.05, 3.63) is 67.3 Å². The van der Waals surface area contributed by atoms with Gasteiger partial charge in [-0.15, -0.1) is 0 Å². The van der Waals surface area contributed by atoms with E-state index in [4.69, 9.17) is 4.98 Å². The Morgan fingerprint density at radius 2 is 1.81 bits per heavy atom. The van der Waals surface area contributed by atoms with Crippen LogP contribution in [-0.4, -0.2) is 72.2 Å². The quantitative estimate of drug-likeness (QED) is 0.303. The van der Waals surface area contributed by atoms with Crippen LogP contribution in [0.3, 0.4) is 0 Å². The highest BCUT2D eigenvalue weighted by Crippen LogP contribution is 2.32. The van der Waals surface area contributed by atoms with E-state index in [1.165, 1.54) is 18.5 Å². The molecule has 0 bridgehead atoms. The second-order valence-corrected chi connectivity index (χ2v) is 8.91. The summed E-state index contributed by atoms with van der Waals surface area (Å²) in [7, 11) is 3.99. The standard InChI is InChI=1S/C26H23FN10/c1-37(2)6-5-30-18-8-15(7-17(27)9-18)23-25-20(3-4-31-23)33-26(34-25)24-19-10-21(16-11-28-14-29-12-16)32-13-22(19)35-36-24/h3-4,7-14,30H,5-6H2,1-2H3,(H,33,34)(H,35,36). The highest BCUT2D eigenvalue weighted by atomic mass is 19.1. The molecular weight excluding hydrogens is 471 g/mol. The largest absolute Gasteiger partial charge is 0.384 e. The predicted molar refractivity (Wildman–Crippen MR) is 140 cm³/mol. The Kier molecular flexibility index (Phi) is 5.73. The Labute approximate surface area is 211 Å². The van der Waals surface area contributed by atoms with Gasteiger partial charge in [-0.3, -0.25) is 15.1 Å². The molecule has 11 heteroatoms. The molecule has 6 rings (SSSR count). The zero-order chi connectivity index (χ0) is 25.4. The highest BCUT2D eigenvalue weighted by molar-refractivity contribution is 5.97. The first-order valence-corrected chi connectivity index (χ1v) is 11.7. The fourth-order valence-electron chi connectivity index (χ4n) is 4.20. The topological polar surface area (TPSA) is 124 Å². The van der Waals surface area contributed by atoms with E-state index in [1.54, 1.807) is 24.8 Å². The number of aromatic amines is 2. The van der Waals surface area contributed by atoms with Crippen molar-refractivity contribution in [3.63, 3.8) is 0 Å². The van der Waals surface area contributed by atoms with Gasteiger partial charge in [-0.2, -0.15) is 5.10 Å². The molecule has 0 aliphatic carbocycles. The Balaban J connectivity index is 1.41. The van der Waals surface area contributed by atoms with Gasteiger partial charge in [0.2, 0.25) is 0 Å². The molecule has 6 aromatic rings. The number of rotatable bonds is 7. The van der Waals surface area contributed by atoms with Gasteiger partial charge in [0.15, 0.2) is 5.82 Å². The van der Waals surface area contributed by atoms with Crippen LogP contribution in [0, 0.1) is 5.82 Å². The maximum Gasteiger partial charge on any atom is 0.159 e. The molecule has 0 saturated carbocycles. The summed E-state index contributed by atoms with van der Waals surface area (Å²) in [6.45, 7) is 1.52. The lowest BCUT2D eigenvalue weighted by Crippen LogP contribution is -2.20. The second kappa shape index (κ2) is 9.36. The maximum atomic E-state index is 14.5. The zero-order valence-corrected chi connectivity index (χ0v) is 20.2. The lowest BCUT2D eigenvalue weighted by atomic mass is 10.1. The van der Waals surface area contributed by atoms with Crippen molar-refractivity contribution in [2.75, 3.05) is 32.5 Å². The number of halogens is 1. The third-order valence-electron chi connectivity index (χ3n) is 5.99. The van der Waals surface area contributed by atoms with Crippen molar-refractivity contribution in [3.8, 4) is 34.0 Å². The minimum atomic E-state index is -0.345. The molecule has 184 valence electrons. The van der Waals surface area contributed by atoms with E-state index >= 15 is 0 Å². The Morgan fingerprint density at radius 1 is 0.946 bits per heavy atom. The molecule has 0 radical (unpaired) electrons. The van der Waals surface area contributed by atoms with Crippen molar-refractivity contribution < 1.29 is 4.39 Å². The molecular formula is C26H23FN10. The number of aromatic nitrogens is 8. The van der Waals surface area contributed by atoms with Crippen LogP contribution < -0.4 is 5.32 Å². The summed E-state index contributed by atoms with van der Waals surface area (Å²) in [6.07, 6.45) is 8.31. The van der Waals surface area contributed by atoms with E-state index in [2.05, 4.69) is 45.3 Å². The highest BCUT2D eigenvalue weighted by Gasteiger charge is 2.17. The fourth-order valence-corrected chi connectivity index (χ4v) is 4.20. The molecule has 0 fully saturated rings. The summed E-state index contributed by atoms with van der Waals surface area (Å²) >= 11 is 0. The van der Waals surface area contributed by atoms with E-state index in [-0.39, 0.29) is 5.82 Å². The average Bonchev–Trinajstić information content (AvgIpc) is 3.52. The van der Waals surface area contributed by atoms with Crippen LogP contribution in [0.4, 0.5) is 10.1 Å². The third kappa shape index (κ3) is 4.47. The normalized spacial score (nSPS) is 11.6. The number of pyridine rings is 2. The Bertz CT molecular complexity index is 1710. The molecule has 37 heavy (non-hydrogen) atoms. The van der Waals surface area contributed by atoms with Gasteiger partial charge in [0.05, 0.1) is 28.6 Å². The van der Waals surface area contributed by atoms with Crippen molar-refractivity contribution in [1.29, 1.82) is 0 Å². The minimum absolute atomic E-state index is 0.345. The Morgan fingerprint density at radius 3 is 2.65 bits per heavy atom. The number of hydrogen-bond donors (Lipinski definition) is 3. The lowest BCUT2D eigenvalue weighted by molar-refractivity contribution is 0.425. The number of likely N-dealkylation sites (N-methyl/N-ethyl adjacent to an activating group) is 1. The molecule has 0 saturated heterocycles. The van der Waals surface area contributed by atoms with Crippen LogP contribution in [0.15, 0.2) is 61.4 Å². The van der Waals surface area contributed by atoms with Gasteiger partial charge in [-0.1, -0.05) is 0 Å². The molecule has 0 aliphatic rings. The zero-order valence-electron chi connectivity index (χ0n) is 20.2. The number of imidazole rings is 1. The number of H-pyrrole nitrogens is 2. The summed E-state index contributed by atoms with van der Waals surface area (Å²) < 4.78 is 14.5. The maximum absolute atomic E-state index is 14.5. The summed E-state index contributed by atoms with van der Waals surface area (Å²) in [5.74, 6) is 0.223. The number of nitrogens with one attached hydrogen (secondary N) is 3. The summed E-state index contributed by atoms with van der Waals surface area (Å²) in [5, 5.41) is 11.6. The van der Waals surface area contributed by atoms with Crippen molar-refractivity contribution in [1.82, 2.24) is 45.0 Å². The van der Waals surface area contributed by atoms with E-state index in [1.807, 2.05) is 32.3 Å². The number of hydrogen-bond acceptors (Lipinski definition) is 8. The molecule has 10 nitrogen and oxygen atoms in total. The van der Waals surface area contributed by atoms with Gasteiger partial charge >= 0.3 is 0 Å². The molecule has 0 spiro atoms. The number of nitrogens with zero attached hydrogens (tertiary/aromatic N) is 7. The SMILES string of the molecule is CN(C)CCNc1cc(F)cc(-c2nccc3[nH]c(-c4n[nH]c5cnc(-c6cncnc6)cc45)nc23)c1. The average molecular weight is 495 g/mol. The number of benzene rings is 1. The van der Waals surface area contributed by atoms with E-state index in [9.17, 15) is 4.39 Å². The second-order valence-electron chi connectivity index (χ2n) is 8.91. The molecule has 5 heterocycles. The van der Waals surface area contributed by atoms with Gasteiger partial charge in [0.1, 0.15) is 23.4 Å². The van der Waals surface area contributed by atoms with E-state index < -0.39 is 0 Å². The van der Waals surface area contributed by atoms with Crippen LogP contribution in [0.2, 0.25) is 0 Å². The minimum Gasteiger partial charge on any atom is -0.384 e. The number of fused-ring (bicyclic) bond motifs is 2. The first-order valence-electron chi connectivity index (χ1n) is 11.7. The summed E-state index contributed by atoms with van der Waals surface area (Å²) in [5.41, 5.74) is 6.25. The van der Waals surface area contributed by atoms with Gasteiger partial charge in [0, 0.05) is 53.9 Å². The van der Waals surface area contributed by atoms with E-state index in [0.717, 1.165) is 34.2 Å². The van der Waals surface area contributed by atoms with Gasteiger partial charge < -0.3 is 15.2 Å². The number of anilines is 1. The van der Waals surface area contributed by atoms with Gasteiger partial charge in [0.25, 0.3) is 0 Å². The van der Waals surface area contributed by atoms with Crippen LogP contribution in [0.25, 0.3) is 56.0 Å². The van der Waals surface area contributed by atoms with Crippen LogP contribution >= 0.6 is 0 Å². The van der Waals surface area contributed by atoms with E-state index in [0.29, 0.717) is 40.5 Å². The smallest absolute Gasteiger partial charge is 0.159 e. The van der Waals surface area contributed by atoms with Gasteiger partial charge in [-0.25, -0.2) is 19.3 Å². The lowest BCUT2D eigenvalue weighted by Gasteiger charge is -2.12. The Hall–Kier alpha value is -4.77. The van der Waals surface area contributed by atoms with Crippen LogP contribution in [0.5, 0.6) is 0 Å². The predicted octanol–water partition coefficient (Wildman–Crippen LogP) is 4.13. The van der Waals surface area contributed by atoms with Crippen LogP contribution in [0.1, 0.15) is 0 Å². The molecule has 0 amide bonds. The molecule has 0 atom stereocenters. The fraction of sp³-hybridized carbons (Fsp3) is 0.154. The molecule has 3 N–H and O–H groups in total. The van der Waals surface area contributed by atoms with Crippen LogP contribution in [-0.2, 0) is 0 Å². The first-order chi connectivity index (χ1) is 18.0. The summed E-state index contributed by atoms with van der Waals surface area (Å²) in [4.78, 5) is 27.4. The molecule has 0 aliphatic heterocycles. The molecule has 5 aromatic heterocycles. The monoisotopic (exact) mass is 494 g/mol.